The van der Waals surface area contributed by atoms with E-state index in [4.69, 9.17) is 4.74 Å². The molecule has 6 heteroatoms. The number of carbonyl (C=O) groups excluding carboxylic acids is 2. The number of Topliss-reactive ketones (excluding diaryl/α,β-unsaturated/α-hetero) is 1. The summed E-state index contributed by atoms with van der Waals surface area (Å²) in [5.74, 6) is 2.20. The standard InChI is InChI=1S/C20H32N2O3S/c1-15(2)21-20(24)11-12-26-14-18(23)10-9-16(3)25-19-8-6-7-17(13-19)22(4)5/h6-8,13,15-16H,9-12,14H2,1-5H3,(H,21,24). The van der Waals surface area contributed by atoms with Gasteiger partial charge in [-0.1, -0.05) is 6.07 Å². The number of anilines is 1. The molecule has 0 bridgehead atoms. The summed E-state index contributed by atoms with van der Waals surface area (Å²) >= 11 is 1.52. The van der Waals surface area contributed by atoms with Crippen molar-refractivity contribution in [2.24, 2.45) is 0 Å². The van der Waals surface area contributed by atoms with Crippen LogP contribution in [0.25, 0.3) is 0 Å². The molecule has 0 radical (unpaired) electrons. The number of rotatable bonds is 12. The molecule has 1 atom stereocenters. The van der Waals surface area contributed by atoms with Crippen LogP contribution >= 0.6 is 11.8 Å². The van der Waals surface area contributed by atoms with Crippen molar-refractivity contribution in [3.63, 3.8) is 0 Å². The van der Waals surface area contributed by atoms with Gasteiger partial charge in [-0.2, -0.15) is 11.8 Å². The number of hydrogen-bond acceptors (Lipinski definition) is 5. The minimum atomic E-state index is -0.0156. The Kier molecular flexibility index (Phi) is 10.2. The van der Waals surface area contributed by atoms with Crippen LogP contribution in [0.4, 0.5) is 5.69 Å². The first kappa shape index (κ1) is 22.4. The second-order valence-corrected chi connectivity index (χ2v) is 8.03. The molecule has 0 saturated carbocycles. The number of amides is 1. The van der Waals surface area contributed by atoms with Gasteiger partial charge in [-0.3, -0.25) is 9.59 Å². The van der Waals surface area contributed by atoms with Gasteiger partial charge in [0.1, 0.15) is 11.5 Å². The number of hydrogen-bond donors (Lipinski definition) is 1. The van der Waals surface area contributed by atoms with Crippen LogP contribution in [0.2, 0.25) is 0 Å². The summed E-state index contributed by atoms with van der Waals surface area (Å²) in [6.45, 7) is 5.86. The predicted molar refractivity (Wildman–Crippen MR) is 110 cm³/mol. The zero-order chi connectivity index (χ0) is 19.5. The van der Waals surface area contributed by atoms with Crippen molar-refractivity contribution in [3.8, 4) is 5.75 Å². The minimum Gasteiger partial charge on any atom is -0.491 e. The van der Waals surface area contributed by atoms with Crippen molar-refractivity contribution in [1.29, 1.82) is 0 Å². The molecule has 0 fully saturated rings. The highest BCUT2D eigenvalue weighted by atomic mass is 32.2. The van der Waals surface area contributed by atoms with Gasteiger partial charge in [0, 0.05) is 50.5 Å². The van der Waals surface area contributed by atoms with E-state index in [1.807, 2.05) is 64.0 Å². The largest absolute Gasteiger partial charge is 0.491 e. The maximum Gasteiger partial charge on any atom is 0.221 e. The highest BCUT2D eigenvalue weighted by Crippen LogP contribution is 2.21. The Balaban J connectivity index is 2.21. The molecule has 1 rings (SSSR count). The minimum absolute atomic E-state index is 0.0156. The molecule has 0 spiro atoms. The highest BCUT2D eigenvalue weighted by Gasteiger charge is 2.10. The van der Waals surface area contributed by atoms with Gasteiger partial charge in [-0.05, 0) is 39.3 Å². The molecule has 1 N–H and O–H groups in total. The zero-order valence-corrected chi connectivity index (χ0v) is 17.4. The second-order valence-electron chi connectivity index (χ2n) is 6.92. The van der Waals surface area contributed by atoms with Crippen LogP contribution in [0.5, 0.6) is 5.75 Å². The van der Waals surface area contributed by atoms with E-state index in [0.717, 1.165) is 11.4 Å². The molecule has 0 aliphatic rings. The van der Waals surface area contributed by atoms with Gasteiger partial charge in [0.05, 0.1) is 11.9 Å². The molecule has 0 aromatic heterocycles. The summed E-state index contributed by atoms with van der Waals surface area (Å²) in [6, 6.07) is 8.09. The molecule has 146 valence electrons. The average molecular weight is 381 g/mol. The van der Waals surface area contributed by atoms with E-state index < -0.39 is 0 Å². The van der Waals surface area contributed by atoms with Crippen LogP contribution in [0.1, 0.15) is 40.0 Å². The third-order valence-electron chi connectivity index (χ3n) is 3.69. The smallest absolute Gasteiger partial charge is 0.221 e. The van der Waals surface area contributed by atoms with Gasteiger partial charge in [0.25, 0.3) is 0 Å². The number of nitrogens with zero attached hydrogens (tertiary/aromatic N) is 1. The van der Waals surface area contributed by atoms with E-state index >= 15 is 0 Å². The molecule has 5 nitrogen and oxygen atoms in total. The Labute approximate surface area is 161 Å². The third kappa shape index (κ3) is 9.70. The number of benzene rings is 1. The third-order valence-corrected chi connectivity index (χ3v) is 4.71. The maximum absolute atomic E-state index is 12.0. The summed E-state index contributed by atoms with van der Waals surface area (Å²) in [6.07, 6.45) is 1.63. The molecule has 1 aromatic rings. The van der Waals surface area contributed by atoms with E-state index in [-0.39, 0.29) is 23.8 Å². The molecular formula is C20H32N2O3S. The molecule has 1 amide bonds. The summed E-state index contributed by atoms with van der Waals surface area (Å²) in [7, 11) is 3.98. The van der Waals surface area contributed by atoms with Crippen LogP contribution in [0, 0.1) is 0 Å². The molecular weight excluding hydrogens is 348 g/mol. The first-order chi connectivity index (χ1) is 12.3. The molecule has 0 saturated heterocycles. The normalized spacial score (nSPS) is 11.9. The Morgan fingerprint density at radius 3 is 2.58 bits per heavy atom. The van der Waals surface area contributed by atoms with Crippen molar-refractivity contribution < 1.29 is 14.3 Å². The van der Waals surface area contributed by atoms with Crippen LogP contribution < -0.4 is 15.0 Å². The van der Waals surface area contributed by atoms with E-state index in [2.05, 4.69) is 5.32 Å². The van der Waals surface area contributed by atoms with Gasteiger partial charge in [-0.25, -0.2) is 0 Å². The molecule has 1 aromatic carbocycles. The first-order valence-corrected chi connectivity index (χ1v) is 10.3. The fourth-order valence-electron chi connectivity index (χ4n) is 2.31. The lowest BCUT2D eigenvalue weighted by Crippen LogP contribution is -2.30. The van der Waals surface area contributed by atoms with Crippen LogP contribution in [-0.4, -0.2) is 49.4 Å². The summed E-state index contributed by atoms with van der Waals surface area (Å²) < 4.78 is 5.91. The Morgan fingerprint density at radius 1 is 1.19 bits per heavy atom. The SMILES string of the molecule is CC(C)NC(=O)CCSCC(=O)CCC(C)Oc1cccc(N(C)C)c1. The van der Waals surface area contributed by atoms with Crippen LogP contribution in [0.3, 0.4) is 0 Å². The van der Waals surface area contributed by atoms with Crippen molar-refractivity contribution in [3.05, 3.63) is 24.3 Å². The van der Waals surface area contributed by atoms with E-state index in [1.165, 1.54) is 11.8 Å². The van der Waals surface area contributed by atoms with E-state index in [1.54, 1.807) is 0 Å². The van der Waals surface area contributed by atoms with Gasteiger partial charge in [-0.15, -0.1) is 0 Å². The first-order valence-electron chi connectivity index (χ1n) is 9.10. The fraction of sp³-hybridized carbons (Fsp3) is 0.600. The van der Waals surface area contributed by atoms with Gasteiger partial charge in [0.2, 0.25) is 5.91 Å². The van der Waals surface area contributed by atoms with E-state index in [9.17, 15) is 9.59 Å². The van der Waals surface area contributed by atoms with Gasteiger partial charge in [0.15, 0.2) is 0 Å². The van der Waals surface area contributed by atoms with Crippen molar-refractivity contribution >= 4 is 29.1 Å². The molecule has 26 heavy (non-hydrogen) atoms. The van der Waals surface area contributed by atoms with Gasteiger partial charge >= 0.3 is 0 Å². The Hall–Kier alpha value is -1.69. The Bertz CT molecular complexity index is 576. The number of carbonyl (C=O) groups is 2. The number of nitrogens with one attached hydrogen (secondary N) is 1. The van der Waals surface area contributed by atoms with Crippen molar-refractivity contribution in [2.75, 3.05) is 30.5 Å². The van der Waals surface area contributed by atoms with Crippen molar-refractivity contribution in [1.82, 2.24) is 5.32 Å². The lowest BCUT2D eigenvalue weighted by molar-refractivity contribution is -0.121. The number of ketones is 1. The average Bonchev–Trinajstić information content (AvgIpc) is 2.56. The topological polar surface area (TPSA) is 58.6 Å². The van der Waals surface area contributed by atoms with E-state index in [0.29, 0.717) is 30.8 Å². The Morgan fingerprint density at radius 2 is 1.92 bits per heavy atom. The lowest BCUT2D eigenvalue weighted by Gasteiger charge is -2.17. The van der Waals surface area contributed by atoms with Crippen LogP contribution in [0.15, 0.2) is 24.3 Å². The van der Waals surface area contributed by atoms with Crippen LogP contribution in [-0.2, 0) is 9.59 Å². The zero-order valence-electron chi connectivity index (χ0n) is 16.6. The maximum atomic E-state index is 12.0. The highest BCUT2D eigenvalue weighted by molar-refractivity contribution is 7.99. The monoisotopic (exact) mass is 380 g/mol. The summed E-state index contributed by atoms with van der Waals surface area (Å²) in [4.78, 5) is 25.5. The predicted octanol–water partition coefficient (Wildman–Crippen LogP) is 3.52. The molecule has 0 aliphatic heterocycles. The number of ether oxygens (including phenoxy) is 1. The molecule has 1 unspecified atom stereocenters. The lowest BCUT2D eigenvalue weighted by atomic mass is 10.1. The summed E-state index contributed by atoms with van der Waals surface area (Å²) in [5, 5.41) is 2.85. The fourth-order valence-corrected chi connectivity index (χ4v) is 3.15. The summed E-state index contributed by atoms with van der Waals surface area (Å²) in [5.41, 5.74) is 1.09. The molecule has 0 heterocycles. The number of thioether (sulfide) groups is 1. The van der Waals surface area contributed by atoms with Gasteiger partial charge < -0.3 is 15.0 Å². The second kappa shape index (κ2) is 11.8. The quantitative estimate of drug-likeness (QED) is 0.562. The molecule has 0 aliphatic carbocycles. The van der Waals surface area contributed by atoms with Crippen molar-refractivity contribution in [2.45, 2.75) is 52.2 Å².